The highest BCUT2D eigenvalue weighted by Gasteiger charge is 2.26. The zero-order valence-corrected chi connectivity index (χ0v) is 17.2. The van der Waals surface area contributed by atoms with Crippen LogP contribution in [-0.4, -0.2) is 58.1 Å². The van der Waals surface area contributed by atoms with Gasteiger partial charge in [0.2, 0.25) is 5.91 Å². The van der Waals surface area contributed by atoms with Gasteiger partial charge in [-0.15, -0.1) is 0 Å². The summed E-state index contributed by atoms with van der Waals surface area (Å²) in [6, 6.07) is 8.04. The number of carbonyl (C=O) groups is 2. The van der Waals surface area contributed by atoms with E-state index in [-0.39, 0.29) is 24.3 Å². The molecule has 0 unspecified atom stereocenters. The number of esters is 1. The second-order valence-electron chi connectivity index (χ2n) is 7.64. The highest BCUT2D eigenvalue weighted by atomic mass is 16.5. The fraction of sp³-hybridized carbons (Fsp3) is 0.364. The number of nitrogens with zero attached hydrogens (tertiary/aromatic N) is 4. The number of ether oxygens (including phenoxy) is 1. The third-order valence-electron chi connectivity index (χ3n) is 5.62. The lowest BCUT2D eigenvalue weighted by Gasteiger charge is -2.30. The second-order valence-corrected chi connectivity index (χ2v) is 7.64. The van der Waals surface area contributed by atoms with Crippen molar-refractivity contribution < 1.29 is 14.3 Å². The van der Waals surface area contributed by atoms with Crippen molar-refractivity contribution in [3.8, 4) is 11.3 Å². The van der Waals surface area contributed by atoms with Crippen LogP contribution in [0.25, 0.3) is 22.0 Å². The Bertz CT molecular complexity index is 1070. The van der Waals surface area contributed by atoms with Crippen molar-refractivity contribution >= 4 is 28.5 Å². The molecule has 0 aliphatic carbocycles. The molecular formula is C22H25N5O3. The van der Waals surface area contributed by atoms with E-state index < -0.39 is 0 Å². The minimum atomic E-state index is -0.247. The molecule has 0 spiro atoms. The summed E-state index contributed by atoms with van der Waals surface area (Å²) in [5.41, 5.74) is 2.09. The molecule has 1 amide bonds. The van der Waals surface area contributed by atoms with Gasteiger partial charge in [-0.3, -0.25) is 14.5 Å². The van der Waals surface area contributed by atoms with E-state index in [1.165, 1.54) is 7.11 Å². The molecule has 1 saturated heterocycles. The number of likely N-dealkylation sites (tertiary alicyclic amines) is 1. The van der Waals surface area contributed by atoms with Gasteiger partial charge in [-0.1, -0.05) is 12.1 Å². The average Bonchev–Trinajstić information content (AvgIpc) is 3.19. The number of benzene rings is 1. The first-order valence-electron chi connectivity index (χ1n) is 10.00. The quantitative estimate of drug-likeness (QED) is 0.654. The standard InChI is InChI=1S/C22H25N5O3/c1-26-14-23-12-19(26)16-3-4-17-11-24-20(10-18(17)9-16)25-22(29)15-5-7-27(8-6-15)13-21(28)30-2/h3-4,9-12,14-15H,5-8,13H2,1-2H3,(H,24,25,29). The molecule has 0 saturated carbocycles. The lowest BCUT2D eigenvalue weighted by atomic mass is 9.96. The van der Waals surface area contributed by atoms with Crippen LogP contribution in [0.4, 0.5) is 5.82 Å². The molecule has 1 aliphatic heterocycles. The minimum absolute atomic E-state index is 0.0256. The van der Waals surface area contributed by atoms with E-state index in [0.717, 1.165) is 22.0 Å². The Kier molecular flexibility index (Phi) is 5.76. The maximum atomic E-state index is 12.7. The van der Waals surface area contributed by atoms with Gasteiger partial charge in [-0.2, -0.15) is 0 Å². The van der Waals surface area contributed by atoms with Crippen LogP contribution in [0.3, 0.4) is 0 Å². The molecule has 0 radical (unpaired) electrons. The minimum Gasteiger partial charge on any atom is -0.468 e. The van der Waals surface area contributed by atoms with Crippen molar-refractivity contribution in [3.05, 3.63) is 43.0 Å². The molecule has 4 rings (SSSR count). The number of piperidine rings is 1. The zero-order chi connectivity index (χ0) is 21.1. The Labute approximate surface area is 174 Å². The SMILES string of the molecule is COC(=O)CN1CCC(C(=O)Nc2cc3cc(-c4cncn4C)ccc3cn2)CC1. The van der Waals surface area contributed by atoms with Crippen molar-refractivity contribution in [3.63, 3.8) is 0 Å². The molecule has 8 nitrogen and oxygen atoms in total. The van der Waals surface area contributed by atoms with Crippen LogP contribution in [0.2, 0.25) is 0 Å². The number of amides is 1. The summed E-state index contributed by atoms with van der Waals surface area (Å²) in [6.07, 6.45) is 6.80. The number of nitrogens with one attached hydrogen (secondary N) is 1. The van der Waals surface area contributed by atoms with Crippen molar-refractivity contribution in [1.82, 2.24) is 19.4 Å². The smallest absolute Gasteiger partial charge is 0.319 e. The Morgan fingerprint density at radius 3 is 2.67 bits per heavy atom. The number of methoxy groups -OCH3 is 1. The summed E-state index contributed by atoms with van der Waals surface area (Å²) in [5.74, 6) is 0.190. The third kappa shape index (κ3) is 4.33. The highest BCUT2D eigenvalue weighted by molar-refractivity contribution is 5.95. The monoisotopic (exact) mass is 407 g/mol. The van der Waals surface area contributed by atoms with E-state index in [0.29, 0.717) is 31.7 Å². The molecule has 0 atom stereocenters. The Morgan fingerprint density at radius 1 is 1.17 bits per heavy atom. The van der Waals surface area contributed by atoms with Gasteiger partial charge in [0, 0.05) is 30.1 Å². The molecule has 1 N–H and O–H groups in total. The van der Waals surface area contributed by atoms with Crippen LogP contribution in [0.5, 0.6) is 0 Å². The van der Waals surface area contributed by atoms with Crippen molar-refractivity contribution in [2.24, 2.45) is 13.0 Å². The lowest BCUT2D eigenvalue weighted by molar-refractivity contribution is -0.142. The molecule has 8 heteroatoms. The highest BCUT2D eigenvalue weighted by Crippen LogP contribution is 2.26. The number of pyridine rings is 1. The van der Waals surface area contributed by atoms with Crippen LogP contribution < -0.4 is 5.32 Å². The fourth-order valence-corrected chi connectivity index (χ4v) is 3.83. The molecule has 2 aromatic heterocycles. The molecule has 1 aromatic carbocycles. The predicted octanol–water partition coefficient (Wildman–Crippen LogP) is 2.46. The summed E-state index contributed by atoms with van der Waals surface area (Å²) in [4.78, 5) is 34.7. The summed E-state index contributed by atoms with van der Waals surface area (Å²) >= 11 is 0. The van der Waals surface area contributed by atoms with Crippen LogP contribution >= 0.6 is 0 Å². The van der Waals surface area contributed by atoms with Crippen LogP contribution in [0.15, 0.2) is 43.0 Å². The summed E-state index contributed by atoms with van der Waals surface area (Å²) in [5, 5.41) is 4.97. The van der Waals surface area contributed by atoms with Crippen LogP contribution in [0, 0.1) is 5.92 Å². The van der Waals surface area contributed by atoms with Gasteiger partial charge in [-0.05, 0) is 43.5 Å². The third-order valence-corrected chi connectivity index (χ3v) is 5.62. The van der Waals surface area contributed by atoms with Crippen LogP contribution in [0.1, 0.15) is 12.8 Å². The summed E-state index contributed by atoms with van der Waals surface area (Å²) in [6.45, 7) is 1.68. The molecule has 3 aromatic rings. The van der Waals surface area contributed by atoms with E-state index in [2.05, 4.69) is 21.4 Å². The van der Waals surface area contributed by atoms with Gasteiger partial charge < -0.3 is 14.6 Å². The van der Waals surface area contributed by atoms with Crippen molar-refractivity contribution in [1.29, 1.82) is 0 Å². The van der Waals surface area contributed by atoms with E-state index in [1.54, 1.807) is 12.5 Å². The normalized spacial score (nSPS) is 15.3. The molecular weight excluding hydrogens is 382 g/mol. The molecule has 0 bridgehead atoms. The number of hydrogen-bond acceptors (Lipinski definition) is 6. The second kappa shape index (κ2) is 8.62. The van der Waals surface area contributed by atoms with E-state index in [1.807, 2.05) is 40.9 Å². The molecule has 1 fully saturated rings. The van der Waals surface area contributed by atoms with Gasteiger partial charge in [0.05, 0.1) is 31.9 Å². The average molecular weight is 407 g/mol. The van der Waals surface area contributed by atoms with Gasteiger partial charge in [0.15, 0.2) is 0 Å². The first-order valence-corrected chi connectivity index (χ1v) is 10.00. The maximum Gasteiger partial charge on any atom is 0.319 e. The first-order chi connectivity index (χ1) is 14.5. The number of imidazole rings is 1. The molecule has 30 heavy (non-hydrogen) atoms. The zero-order valence-electron chi connectivity index (χ0n) is 17.2. The fourth-order valence-electron chi connectivity index (χ4n) is 3.83. The number of rotatable bonds is 5. The van der Waals surface area contributed by atoms with Crippen molar-refractivity contribution in [2.75, 3.05) is 32.1 Å². The van der Waals surface area contributed by atoms with E-state index >= 15 is 0 Å². The topological polar surface area (TPSA) is 89.4 Å². The number of aryl methyl sites for hydroxylation is 1. The van der Waals surface area contributed by atoms with Crippen LogP contribution in [-0.2, 0) is 21.4 Å². The number of aromatic nitrogens is 3. The molecule has 156 valence electrons. The van der Waals surface area contributed by atoms with Gasteiger partial charge in [0.1, 0.15) is 5.82 Å². The van der Waals surface area contributed by atoms with Gasteiger partial charge in [-0.25, -0.2) is 9.97 Å². The molecule has 3 heterocycles. The van der Waals surface area contributed by atoms with E-state index in [9.17, 15) is 9.59 Å². The summed E-state index contributed by atoms with van der Waals surface area (Å²) in [7, 11) is 3.35. The number of hydrogen-bond donors (Lipinski definition) is 1. The van der Waals surface area contributed by atoms with Gasteiger partial charge >= 0.3 is 5.97 Å². The lowest BCUT2D eigenvalue weighted by Crippen LogP contribution is -2.40. The maximum absolute atomic E-state index is 12.7. The van der Waals surface area contributed by atoms with Gasteiger partial charge in [0.25, 0.3) is 0 Å². The Morgan fingerprint density at radius 2 is 1.97 bits per heavy atom. The summed E-state index contributed by atoms with van der Waals surface area (Å²) < 4.78 is 6.68. The van der Waals surface area contributed by atoms with E-state index in [4.69, 9.17) is 4.74 Å². The predicted molar refractivity (Wildman–Crippen MR) is 114 cm³/mol. The largest absolute Gasteiger partial charge is 0.468 e. The number of anilines is 1. The first kappa shape index (κ1) is 20.0. The Hall–Kier alpha value is -3.26. The number of fused-ring (bicyclic) bond motifs is 1. The number of carbonyl (C=O) groups excluding carboxylic acids is 2. The molecule has 1 aliphatic rings. The van der Waals surface area contributed by atoms with Crippen molar-refractivity contribution in [2.45, 2.75) is 12.8 Å². The Balaban J connectivity index is 1.43.